The fourth-order valence-corrected chi connectivity index (χ4v) is 2.39. The van der Waals surface area contributed by atoms with Crippen molar-refractivity contribution >= 4 is 0 Å². The molecule has 0 amide bonds. The highest BCUT2D eigenvalue weighted by Crippen LogP contribution is 2.11. The molecule has 0 aromatic heterocycles. The summed E-state index contributed by atoms with van der Waals surface area (Å²) < 4.78 is 0. The van der Waals surface area contributed by atoms with Gasteiger partial charge in [-0.05, 0) is 32.1 Å². The maximum atomic E-state index is 9.65. The Balaban J connectivity index is 3.18. The van der Waals surface area contributed by atoms with E-state index in [2.05, 4.69) is 13.0 Å². The molecule has 1 atom stereocenters. The molecule has 0 fully saturated rings. The molecule has 0 spiro atoms. The maximum Gasteiger partial charge on any atom is 0.0720 e. The normalized spacial score (nSPS) is 13.2. The van der Waals surface area contributed by atoms with E-state index in [1.807, 2.05) is 6.08 Å². The van der Waals surface area contributed by atoms with E-state index < -0.39 is 0 Å². The largest absolute Gasteiger partial charge is 0.396 e. The van der Waals surface area contributed by atoms with Crippen LogP contribution >= 0.6 is 0 Å². The first-order chi connectivity index (χ1) is 9.81. The lowest BCUT2D eigenvalue weighted by Gasteiger charge is -2.04. The monoisotopic (exact) mass is 284 g/mol. The summed E-state index contributed by atoms with van der Waals surface area (Å²) in [6, 6.07) is 0. The molecule has 0 heterocycles. The van der Waals surface area contributed by atoms with Gasteiger partial charge < -0.3 is 10.2 Å². The van der Waals surface area contributed by atoms with E-state index >= 15 is 0 Å². The topological polar surface area (TPSA) is 40.5 Å². The van der Waals surface area contributed by atoms with Crippen molar-refractivity contribution in [2.24, 2.45) is 0 Å². The molecule has 0 aromatic carbocycles. The average molecular weight is 284 g/mol. The Morgan fingerprint density at radius 2 is 1.40 bits per heavy atom. The SMILES string of the molecule is CCCCCCCCCCC/C=C/C(O)CCCCO. The smallest absolute Gasteiger partial charge is 0.0720 e. The van der Waals surface area contributed by atoms with Crippen molar-refractivity contribution in [1.82, 2.24) is 0 Å². The summed E-state index contributed by atoms with van der Waals surface area (Å²) in [7, 11) is 0. The zero-order valence-corrected chi connectivity index (χ0v) is 13.5. The van der Waals surface area contributed by atoms with Crippen molar-refractivity contribution in [2.45, 2.75) is 96.5 Å². The Labute approximate surface area is 126 Å². The standard InChI is InChI=1S/C18H36O2/c1-2-3-4-5-6-7-8-9-10-11-12-15-18(20)16-13-14-17-19/h12,15,18-20H,2-11,13-14,16-17H2,1H3/b15-12+. The Hall–Kier alpha value is -0.340. The van der Waals surface area contributed by atoms with Gasteiger partial charge in [0, 0.05) is 6.61 Å². The minimum Gasteiger partial charge on any atom is -0.396 e. The van der Waals surface area contributed by atoms with E-state index in [0.29, 0.717) is 0 Å². The first kappa shape index (κ1) is 19.7. The predicted octanol–water partition coefficient (Wildman–Crippen LogP) is 4.99. The van der Waals surface area contributed by atoms with Gasteiger partial charge in [-0.15, -0.1) is 0 Å². The molecule has 0 radical (unpaired) electrons. The van der Waals surface area contributed by atoms with Crippen LogP contribution in [-0.4, -0.2) is 22.9 Å². The molecular formula is C18H36O2. The molecule has 0 saturated carbocycles. The molecule has 0 bridgehead atoms. The first-order valence-electron chi connectivity index (χ1n) is 8.76. The molecular weight excluding hydrogens is 248 g/mol. The van der Waals surface area contributed by atoms with Gasteiger partial charge in [0.05, 0.1) is 6.10 Å². The van der Waals surface area contributed by atoms with E-state index in [1.165, 1.54) is 57.8 Å². The van der Waals surface area contributed by atoms with Crippen molar-refractivity contribution in [3.05, 3.63) is 12.2 Å². The van der Waals surface area contributed by atoms with Crippen LogP contribution in [0.4, 0.5) is 0 Å². The highest BCUT2D eigenvalue weighted by molar-refractivity contribution is 4.88. The third-order valence-electron chi connectivity index (χ3n) is 3.74. The van der Waals surface area contributed by atoms with Crippen LogP contribution in [0, 0.1) is 0 Å². The van der Waals surface area contributed by atoms with Gasteiger partial charge in [-0.3, -0.25) is 0 Å². The lowest BCUT2D eigenvalue weighted by molar-refractivity contribution is 0.200. The summed E-state index contributed by atoms with van der Waals surface area (Å²) in [5.41, 5.74) is 0. The van der Waals surface area contributed by atoms with E-state index in [0.717, 1.165) is 25.7 Å². The fourth-order valence-electron chi connectivity index (χ4n) is 2.39. The second-order valence-electron chi connectivity index (χ2n) is 5.83. The highest BCUT2D eigenvalue weighted by atomic mass is 16.3. The summed E-state index contributed by atoms with van der Waals surface area (Å²) in [6.45, 7) is 2.49. The van der Waals surface area contributed by atoms with E-state index in [4.69, 9.17) is 5.11 Å². The maximum absolute atomic E-state index is 9.65. The molecule has 0 aliphatic rings. The van der Waals surface area contributed by atoms with Crippen LogP contribution < -0.4 is 0 Å². The molecule has 1 unspecified atom stereocenters. The molecule has 2 N–H and O–H groups in total. The van der Waals surface area contributed by atoms with Gasteiger partial charge in [-0.25, -0.2) is 0 Å². The van der Waals surface area contributed by atoms with Gasteiger partial charge in [0.2, 0.25) is 0 Å². The third kappa shape index (κ3) is 15.7. The Morgan fingerprint density at radius 1 is 0.800 bits per heavy atom. The van der Waals surface area contributed by atoms with Gasteiger partial charge >= 0.3 is 0 Å². The number of rotatable bonds is 15. The van der Waals surface area contributed by atoms with Crippen molar-refractivity contribution in [3.8, 4) is 0 Å². The van der Waals surface area contributed by atoms with Crippen LogP contribution in [-0.2, 0) is 0 Å². The third-order valence-corrected chi connectivity index (χ3v) is 3.74. The Morgan fingerprint density at radius 3 is 2.00 bits per heavy atom. The zero-order valence-electron chi connectivity index (χ0n) is 13.5. The predicted molar refractivity (Wildman–Crippen MR) is 87.9 cm³/mol. The van der Waals surface area contributed by atoms with Crippen LogP contribution in [0.1, 0.15) is 90.4 Å². The van der Waals surface area contributed by atoms with Gasteiger partial charge in [-0.2, -0.15) is 0 Å². The fraction of sp³-hybridized carbons (Fsp3) is 0.889. The molecule has 0 aromatic rings. The number of hydrogen-bond donors (Lipinski definition) is 2. The van der Waals surface area contributed by atoms with Crippen molar-refractivity contribution in [1.29, 1.82) is 0 Å². The first-order valence-corrected chi connectivity index (χ1v) is 8.76. The van der Waals surface area contributed by atoms with Gasteiger partial charge in [0.1, 0.15) is 0 Å². The second-order valence-corrected chi connectivity index (χ2v) is 5.83. The number of aliphatic hydroxyl groups excluding tert-OH is 2. The van der Waals surface area contributed by atoms with Crippen molar-refractivity contribution in [3.63, 3.8) is 0 Å². The zero-order chi connectivity index (χ0) is 14.9. The molecule has 2 nitrogen and oxygen atoms in total. The molecule has 0 aliphatic heterocycles. The highest BCUT2D eigenvalue weighted by Gasteiger charge is 1.97. The molecule has 0 aliphatic carbocycles. The summed E-state index contributed by atoms with van der Waals surface area (Å²) in [5.74, 6) is 0. The quantitative estimate of drug-likeness (QED) is 0.328. The summed E-state index contributed by atoms with van der Waals surface area (Å²) in [5, 5.41) is 18.3. The Kier molecular flexibility index (Phi) is 16.4. The Bertz CT molecular complexity index is 202. The lowest BCUT2D eigenvalue weighted by Crippen LogP contribution is -2.01. The molecule has 2 heteroatoms. The van der Waals surface area contributed by atoms with Crippen molar-refractivity contribution in [2.75, 3.05) is 6.61 Å². The van der Waals surface area contributed by atoms with Crippen LogP contribution in [0.5, 0.6) is 0 Å². The second kappa shape index (κ2) is 16.7. The van der Waals surface area contributed by atoms with Crippen LogP contribution in [0.2, 0.25) is 0 Å². The van der Waals surface area contributed by atoms with Crippen LogP contribution in [0.3, 0.4) is 0 Å². The van der Waals surface area contributed by atoms with E-state index in [1.54, 1.807) is 0 Å². The van der Waals surface area contributed by atoms with Gasteiger partial charge in [0.15, 0.2) is 0 Å². The van der Waals surface area contributed by atoms with E-state index in [-0.39, 0.29) is 12.7 Å². The number of hydrogen-bond acceptors (Lipinski definition) is 2. The average Bonchev–Trinajstić information content (AvgIpc) is 2.45. The van der Waals surface area contributed by atoms with Gasteiger partial charge in [-0.1, -0.05) is 70.4 Å². The van der Waals surface area contributed by atoms with Crippen molar-refractivity contribution < 1.29 is 10.2 Å². The van der Waals surface area contributed by atoms with Crippen LogP contribution in [0.25, 0.3) is 0 Å². The van der Waals surface area contributed by atoms with E-state index in [9.17, 15) is 5.11 Å². The molecule has 120 valence electrons. The summed E-state index contributed by atoms with van der Waals surface area (Å²) in [6.07, 6.45) is 19.5. The molecule has 0 saturated heterocycles. The minimum atomic E-state index is -0.319. The van der Waals surface area contributed by atoms with Gasteiger partial charge in [0.25, 0.3) is 0 Å². The summed E-state index contributed by atoms with van der Waals surface area (Å²) >= 11 is 0. The van der Waals surface area contributed by atoms with Crippen LogP contribution in [0.15, 0.2) is 12.2 Å². The lowest BCUT2D eigenvalue weighted by atomic mass is 10.1. The number of allylic oxidation sites excluding steroid dienone is 1. The summed E-state index contributed by atoms with van der Waals surface area (Å²) in [4.78, 5) is 0. The molecule has 0 rings (SSSR count). The number of aliphatic hydroxyl groups is 2. The minimum absolute atomic E-state index is 0.231. The molecule has 20 heavy (non-hydrogen) atoms. The number of unbranched alkanes of at least 4 members (excludes halogenated alkanes) is 10.